The smallest absolute Gasteiger partial charge is 0.253 e. The molecule has 0 aliphatic rings. The maximum atomic E-state index is 12.5. The Labute approximate surface area is 164 Å². The monoisotopic (exact) mass is 389 g/mol. The Bertz CT molecular complexity index is 781. The summed E-state index contributed by atoms with van der Waals surface area (Å²) in [6.45, 7) is 0.820. The molecule has 2 aromatic rings. The van der Waals surface area contributed by atoms with Crippen LogP contribution >= 0.6 is 11.6 Å². The van der Waals surface area contributed by atoms with E-state index in [0.29, 0.717) is 30.0 Å². The molecule has 0 heterocycles. The fourth-order valence-corrected chi connectivity index (χ4v) is 2.73. The van der Waals surface area contributed by atoms with Crippen molar-refractivity contribution in [1.82, 2.24) is 5.32 Å². The van der Waals surface area contributed by atoms with Gasteiger partial charge in [0.1, 0.15) is 5.38 Å². The number of alkyl halides is 1. The van der Waals surface area contributed by atoms with Crippen molar-refractivity contribution in [3.63, 3.8) is 0 Å². The predicted octanol–water partition coefficient (Wildman–Crippen LogP) is 3.05. The van der Waals surface area contributed by atoms with Crippen molar-refractivity contribution in [3.8, 4) is 0 Å². The molecule has 0 spiro atoms. The summed E-state index contributed by atoms with van der Waals surface area (Å²) in [5.41, 5.74) is 2.41. The average molecular weight is 390 g/mol. The van der Waals surface area contributed by atoms with Crippen molar-refractivity contribution in [1.29, 1.82) is 0 Å². The molecule has 2 N–H and O–H groups in total. The van der Waals surface area contributed by atoms with E-state index in [1.165, 1.54) is 0 Å². The second kappa shape index (κ2) is 9.94. The minimum atomic E-state index is -0.821. The highest BCUT2D eigenvalue weighted by Crippen LogP contribution is 2.26. The van der Waals surface area contributed by atoms with Crippen LogP contribution in [0.5, 0.6) is 0 Å². The van der Waals surface area contributed by atoms with Gasteiger partial charge in [-0.2, -0.15) is 0 Å². The lowest BCUT2D eigenvalue weighted by Crippen LogP contribution is -2.29. The van der Waals surface area contributed by atoms with E-state index < -0.39 is 5.38 Å². The fourth-order valence-electron chi connectivity index (χ4n) is 2.53. The van der Waals surface area contributed by atoms with Crippen LogP contribution in [-0.2, 0) is 9.53 Å². The molecule has 6 nitrogen and oxygen atoms in total. The number of amides is 2. The van der Waals surface area contributed by atoms with Crippen LogP contribution in [0, 0.1) is 0 Å². The minimum Gasteiger partial charge on any atom is -0.383 e. The first-order valence-electron chi connectivity index (χ1n) is 8.52. The van der Waals surface area contributed by atoms with Crippen molar-refractivity contribution >= 4 is 34.8 Å². The third-order valence-corrected chi connectivity index (χ3v) is 4.35. The lowest BCUT2D eigenvalue weighted by Gasteiger charge is -2.19. The molecule has 2 aromatic carbocycles. The number of benzene rings is 2. The third-order valence-electron chi connectivity index (χ3n) is 3.90. The molecule has 0 fully saturated rings. The molecule has 144 valence electrons. The summed E-state index contributed by atoms with van der Waals surface area (Å²) >= 11 is 6.26. The number of methoxy groups -OCH3 is 1. The van der Waals surface area contributed by atoms with Gasteiger partial charge in [-0.1, -0.05) is 30.3 Å². The Morgan fingerprint density at radius 2 is 1.85 bits per heavy atom. The molecule has 0 saturated heterocycles. The summed E-state index contributed by atoms with van der Waals surface area (Å²) in [5.74, 6) is -0.594. The van der Waals surface area contributed by atoms with Gasteiger partial charge < -0.3 is 20.3 Å². The van der Waals surface area contributed by atoms with Gasteiger partial charge in [-0.3, -0.25) is 9.59 Å². The van der Waals surface area contributed by atoms with E-state index in [1.807, 2.05) is 37.2 Å². The number of carbonyl (C=O) groups is 2. The highest BCUT2D eigenvalue weighted by molar-refractivity contribution is 6.32. The van der Waals surface area contributed by atoms with Crippen molar-refractivity contribution in [2.75, 3.05) is 44.6 Å². The molecule has 0 aromatic heterocycles. The number of anilines is 2. The lowest BCUT2D eigenvalue weighted by atomic mass is 10.1. The minimum absolute atomic E-state index is 0.239. The van der Waals surface area contributed by atoms with Crippen molar-refractivity contribution in [3.05, 3.63) is 59.7 Å². The van der Waals surface area contributed by atoms with Gasteiger partial charge in [-0.15, -0.1) is 11.6 Å². The zero-order valence-corrected chi connectivity index (χ0v) is 16.4. The standard InChI is InChI=1S/C20H24ClN3O3/c1-24(2)17-10-9-15(13-16(17)19(25)22-11-12-27-3)23-20(26)18(21)14-7-5-4-6-8-14/h4-10,13,18H,11-12H2,1-3H3,(H,22,25)(H,23,26). The van der Waals surface area contributed by atoms with E-state index in [0.717, 1.165) is 5.69 Å². The SMILES string of the molecule is COCCNC(=O)c1cc(NC(=O)C(Cl)c2ccccc2)ccc1N(C)C. The Hall–Kier alpha value is -2.57. The predicted molar refractivity (Wildman–Crippen MR) is 109 cm³/mol. The second-order valence-corrected chi connectivity index (χ2v) is 6.57. The molecule has 2 amide bonds. The van der Waals surface area contributed by atoms with Crippen LogP contribution in [0.15, 0.2) is 48.5 Å². The molecule has 0 bridgehead atoms. The summed E-state index contributed by atoms with van der Waals surface area (Å²) in [7, 11) is 5.27. The summed E-state index contributed by atoms with van der Waals surface area (Å²) in [6.07, 6.45) is 0. The summed E-state index contributed by atoms with van der Waals surface area (Å²) in [6, 6.07) is 14.3. The molecule has 27 heavy (non-hydrogen) atoms. The normalized spacial score (nSPS) is 11.6. The number of hydrogen-bond acceptors (Lipinski definition) is 4. The van der Waals surface area contributed by atoms with Gasteiger partial charge in [0.25, 0.3) is 5.91 Å². The van der Waals surface area contributed by atoms with E-state index >= 15 is 0 Å². The van der Waals surface area contributed by atoms with Crippen LogP contribution in [-0.4, -0.2) is 46.2 Å². The van der Waals surface area contributed by atoms with Crippen molar-refractivity contribution in [2.45, 2.75) is 5.38 Å². The van der Waals surface area contributed by atoms with Gasteiger partial charge in [0.15, 0.2) is 0 Å². The molecule has 1 unspecified atom stereocenters. The van der Waals surface area contributed by atoms with Gasteiger partial charge in [-0.25, -0.2) is 0 Å². The molecular formula is C20H24ClN3O3. The third kappa shape index (κ3) is 5.70. The Balaban J connectivity index is 2.18. The maximum Gasteiger partial charge on any atom is 0.253 e. The summed E-state index contributed by atoms with van der Waals surface area (Å²) in [4.78, 5) is 26.8. The lowest BCUT2D eigenvalue weighted by molar-refractivity contribution is -0.116. The summed E-state index contributed by atoms with van der Waals surface area (Å²) in [5, 5.41) is 4.75. The Morgan fingerprint density at radius 3 is 2.48 bits per heavy atom. The molecule has 2 rings (SSSR count). The fraction of sp³-hybridized carbons (Fsp3) is 0.300. The Morgan fingerprint density at radius 1 is 1.15 bits per heavy atom. The molecular weight excluding hydrogens is 366 g/mol. The van der Waals surface area contributed by atoms with Gasteiger partial charge in [0, 0.05) is 39.1 Å². The van der Waals surface area contributed by atoms with Crippen LogP contribution in [0.1, 0.15) is 21.3 Å². The van der Waals surface area contributed by atoms with Crippen molar-refractivity contribution in [2.24, 2.45) is 0 Å². The van der Waals surface area contributed by atoms with Crippen LogP contribution in [0.3, 0.4) is 0 Å². The summed E-state index contributed by atoms with van der Waals surface area (Å²) < 4.78 is 4.95. The molecule has 0 aliphatic carbocycles. The molecule has 0 aliphatic heterocycles. The first-order valence-corrected chi connectivity index (χ1v) is 8.96. The van der Waals surface area contributed by atoms with Gasteiger partial charge >= 0.3 is 0 Å². The highest BCUT2D eigenvalue weighted by Gasteiger charge is 2.19. The average Bonchev–Trinajstić information content (AvgIpc) is 2.67. The van der Waals surface area contributed by atoms with E-state index in [-0.39, 0.29) is 11.8 Å². The van der Waals surface area contributed by atoms with E-state index in [1.54, 1.807) is 37.4 Å². The molecule has 0 saturated carbocycles. The zero-order chi connectivity index (χ0) is 19.8. The number of rotatable bonds is 8. The number of nitrogens with one attached hydrogen (secondary N) is 2. The van der Waals surface area contributed by atoms with Crippen LogP contribution in [0.25, 0.3) is 0 Å². The molecule has 1 atom stereocenters. The first kappa shape index (κ1) is 20.7. The number of hydrogen-bond donors (Lipinski definition) is 2. The van der Waals surface area contributed by atoms with E-state index in [2.05, 4.69) is 10.6 Å². The Kier molecular flexibility index (Phi) is 7.64. The molecule has 0 radical (unpaired) electrons. The first-order chi connectivity index (χ1) is 12.9. The number of nitrogens with zero attached hydrogens (tertiary/aromatic N) is 1. The van der Waals surface area contributed by atoms with Gasteiger partial charge in [0.05, 0.1) is 12.2 Å². The topological polar surface area (TPSA) is 70.7 Å². The largest absolute Gasteiger partial charge is 0.383 e. The molecule has 7 heteroatoms. The van der Waals surface area contributed by atoms with Crippen LogP contribution < -0.4 is 15.5 Å². The van der Waals surface area contributed by atoms with E-state index in [4.69, 9.17) is 16.3 Å². The van der Waals surface area contributed by atoms with Crippen LogP contribution in [0.2, 0.25) is 0 Å². The van der Waals surface area contributed by atoms with Crippen LogP contribution in [0.4, 0.5) is 11.4 Å². The zero-order valence-electron chi connectivity index (χ0n) is 15.7. The quantitative estimate of drug-likeness (QED) is 0.537. The second-order valence-electron chi connectivity index (χ2n) is 6.14. The van der Waals surface area contributed by atoms with E-state index in [9.17, 15) is 9.59 Å². The number of halogens is 1. The maximum absolute atomic E-state index is 12.5. The number of carbonyl (C=O) groups excluding carboxylic acids is 2. The number of ether oxygens (including phenoxy) is 1. The van der Waals surface area contributed by atoms with Gasteiger partial charge in [-0.05, 0) is 23.8 Å². The highest BCUT2D eigenvalue weighted by atomic mass is 35.5. The van der Waals surface area contributed by atoms with Crippen molar-refractivity contribution < 1.29 is 14.3 Å². The van der Waals surface area contributed by atoms with Gasteiger partial charge in [0.2, 0.25) is 5.91 Å².